The van der Waals surface area contributed by atoms with Crippen LogP contribution >= 0.6 is 0 Å². The molecule has 0 saturated carbocycles. The zero-order valence-corrected chi connectivity index (χ0v) is 10.2. The van der Waals surface area contributed by atoms with Gasteiger partial charge in [0.2, 0.25) is 0 Å². The predicted molar refractivity (Wildman–Crippen MR) is 61.7 cm³/mol. The van der Waals surface area contributed by atoms with Crippen molar-refractivity contribution in [3.8, 4) is 0 Å². The smallest absolute Gasteiger partial charge is 0.133 e. The molecule has 1 unspecified atom stereocenters. The summed E-state index contributed by atoms with van der Waals surface area (Å²) in [5, 5.41) is 8.36. The van der Waals surface area contributed by atoms with Crippen LogP contribution in [0.2, 0.25) is 0 Å². The van der Waals surface area contributed by atoms with Gasteiger partial charge in [0.1, 0.15) is 11.6 Å². The Bertz CT molecular complexity index is 300. The highest BCUT2D eigenvalue weighted by molar-refractivity contribution is 4.97. The Morgan fingerprint density at radius 3 is 2.47 bits per heavy atom. The van der Waals surface area contributed by atoms with Gasteiger partial charge in [-0.3, -0.25) is 0 Å². The van der Waals surface area contributed by atoms with Gasteiger partial charge in [-0.1, -0.05) is 13.3 Å². The number of aromatic nitrogens is 3. The molecule has 1 atom stereocenters. The van der Waals surface area contributed by atoms with Crippen molar-refractivity contribution in [2.24, 2.45) is 11.7 Å². The first-order chi connectivity index (χ1) is 7.10. The van der Waals surface area contributed by atoms with E-state index in [0.717, 1.165) is 31.0 Å². The molecular formula is C11H22N4. The van der Waals surface area contributed by atoms with Gasteiger partial charge in [0.25, 0.3) is 0 Å². The maximum atomic E-state index is 5.71. The summed E-state index contributed by atoms with van der Waals surface area (Å²) in [5.74, 6) is 2.58. The molecule has 0 radical (unpaired) electrons. The fraction of sp³-hybridized carbons (Fsp3) is 0.818. The summed E-state index contributed by atoms with van der Waals surface area (Å²) in [6.45, 7) is 9.20. The van der Waals surface area contributed by atoms with Crippen molar-refractivity contribution in [2.75, 3.05) is 6.54 Å². The van der Waals surface area contributed by atoms with E-state index in [1.807, 2.05) is 6.92 Å². The number of aryl methyl sites for hydroxylation is 1. The van der Waals surface area contributed by atoms with Crippen LogP contribution in [-0.4, -0.2) is 21.3 Å². The molecule has 0 amide bonds. The van der Waals surface area contributed by atoms with E-state index in [4.69, 9.17) is 5.73 Å². The molecule has 1 aromatic rings. The van der Waals surface area contributed by atoms with Crippen LogP contribution in [0, 0.1) is 12.8 Å². The van der Waals surface area contributed by atoms with Gasteiger partial charge in [0, 0.05) is 12.5 Å². The molecule has 0 bridgehead atoms. The number of hydrogen-bond donors (Lipinski definition) is 1. The highest BCUT2D eigenvalue weighted by Crippen LogP contribution is 2.15. The number of nitrogens with two attached hydrogens (primary N) is 1. The van der Waals surface area contributed by atoms with Crippen LogP contribution in [0.4, 0.5) is 0 Å². The van der Waals surface area contributed by atoms with E-state index >= 15 is 0 Å². The van der Waals surface area contributed by atoms with E-state index in [2.05, 4.69) is 35.5 Å². The molecule has 4 nitrogen and oxygen atoms in total. The zero-order valence-electron chi connectivity index (χ0n) is 10.2. The standard InChI is InChI=1S/C11H22N4/c1-5-10(7-12)6-11-14-13-9(4)15(11)8(2)3/h8,10H,5-7,12H2,1-4H3. The molecule has 15 heavy (non-hydrogen) atoms. The van der Waals surface area contributed by atoms with Gasteiger partial charge >= 0.3 is 0 Å². The molecule has 0 aliphatic rings. The first kappa shape index (κ1) is 12.2. The summed E-state index contributed by atoms with van der Waals surface area (Å²) in [5.41, 5.74) is 5.71. The van der Waals surface area contributed by atoms with Crippen molar-refractivity contribution in [1.29, 1.82) is 0 Å². The Morgan fingerprint density at radius 1 is 1.33 bits per heavy atom. The van der Waals surface area contributed by atoms with E-state index in [9.17, 15) is 0 Å². The molecule has 0 aliphatic heterocycles. The lowest BCUT2D eigenvalue weighted by Gasteiger charge is -2.15. The highest BCUT2D eigenvalue weighted by atomic mass is 15.3. The monoisotopic (exact) mass is 210 g/mol. The second-order valence-electron chi connectivity index (χ2n) is 4.34. The van der Waals surface area contributed by atoms with E-state index < -0.39 is 0 Å². The van der Waals surface area contributed by atoms with Gasteiger partial charge in [0.15, 0.2) is 0 Å². The topological polar surface area (TPSA) is 56.7 Å². The molecular weight excluding hydrogens is 188 g/mol. The normalized spacial score (nSPS) is 13.5. The largest absolute Gasteiger partial charge is 0.330 e. The lowest BCUT2D eigenvalue weighted by Crippen LogP contribution is -2.19. The van der Waals surface area contributed by atoms with Crippen LogP contribution in [0.5, 0.6) is 0 Å². The van der Waals surface area contributed by atoms with Crippen molar-refractivity contribution in [3.05, 3.63) is 11.6 Å². The summed E-state index contributed by atoms with van der Waals surface area (Å²) in [4.78, 5) is 0. The van der Waals surface area contributed by atoms with E-state index in [1.165, 1.54) is 0 Å². The molecule has 0 spiro atoms. The van der Waals surface area contributed by atoms with Gasteiger partial charge in [-0.15, -0.1) is 10.2 Å². The minimum atomic E-state index is 0.422. The number of nitrogens with zero attached hydrogens (tertiary/aromatic N) is 3. The lowest BCUT2D eigenvalue weighted by molar-refractivity contribution is 0.470. The maximum Gasteiger partial charge on any atom is 0.133 e. The molecule has 0 fully saturated rings. The van der Waals surface area contributed by atoms with Crippen molar-refractivity contribution in [1.82, 2.24) is 14.8 Å². The van der Waals surface area contributed by atoms with E-state index in [-0.39, 0.29) is 0 Å². The molecule has 0 aliphatic carbocycles. The molecule has 0 saturated heterocycles. The average Bonchev–Trinajstić information content (AvgIpc) is 2.56. The van der Waals surface area contributed by atoms with Gasteiger partial charge < -0.3 is 10.3 Å². The maximum absolute atomic E-state index is 5.71. The van der Waals surface area contributed by atoms with Crippen LogP contribution < -0.4 is 5.73 Å². The Morgan fingerprint density at radius 2 is 2.00 bits per heavy atom. The number of rotatable bonds is 5. The predicted octanol–water partition coefficient (Wildman–Crippen LogP) is 1.69. The molecule has 1 rings (SSSR count). The van der Waals surface area contributed by atoms with Crippen molar-refractivity contribution >= 4 is 0 Å². The summed E-state index contributed by atoms with van der Waals surface area (Å²) < 4.78 is 2.19. The summed E-state index contributed by atoms with van der Waals surface area (Å²) in [6.07, 6.45) is 2.03. The van der Waals surface area contributed by atoms with Crippen LogP contribution in [0.3, 0.4) is 0 Å². The summed E-state index contributed by atoms with van der Waals surface area (Å²) in [6, 6.07) is 0.422. The van der Waals surface area contributed by atoms with Gasteiger partial charge in [-0.25, -0.2) is 0 Å². The van der Waals surface area contributed by atoms with Crippen molar-refractivity contribution in [2.45, 2.75) is 46.6 Å². The second-order valence-corrected chi connectivity index (χ2v) is 4.34. The highest BCUT2D eigenvalue weighted by Gasteiger charge is 2.15. The van der Waals surface area contributed by atoms with Crippen molar-refractivity contribution < 1.29 is 0 Å². The van der Waals surface area contributed by atoms with Gasteiger partial charge in [-0.2, -0.15) is 0 Å². The van der Waals surface area contributed by atoms with Crippen LogP contribution in [0.15, 0.2) is 0 Å². The molecule has 1 aromatic heterocycles. The van der Waals surface area contributed by atoms with Gasteiger partial charge in [0.05, 0.1) is 0 Å². The first-order valence-corrected chi connectivity index (χ1v) is 5.70. The quantitative estimate of drug-likeness (QED) is 0.804. The fourth-order valence-corrected chi connectivity index (χ4v) is 1.88. The molecule has 0 aromatic carbocycles. The van der Waals surface area contributed by atoms with Crippen LogP contribution in [0.25, 0.3) is 0 Å². The molecule has 4 heteroatoms. The average molecular weight is 210 g/mol. The third kappa shape index (κ3) is 2.78. The van der Waals surface area contributed by atoms with Crippen LogP contribution in [0.1, 0.15) is 44.9 Å². The SMILES string of the molecule is CCC(CN)Cc1nnc(C)n1C(C)C. The first-order valence-electron chi connectivity index (χ1n) is 5.70. The van der Waals surface area contributed by atoms with Crippen molar-refractivity contribution in [3.63, 3.8) is 0 Å². The molecule has 86 valence electrons. The Labute approximate surface area is 91.9 Å². The Kier molecular flexibility index (Phi) is 4.27. The zero-order chi connectivity index (χ0) is 11.4. The second kappa shape index (κ2) is 5.26. The number of hydrogen-bond acceptors (Lipinski definition) is 3. The molecule has 2 N–H and O–H groups in total. The minimum absolute atomic E-state index is 0.422. The van der Waals surface area contributed by atoms with Gasteiger partial charge in [-0.05, 0) is 33.2 Å². The minimum Gasteiger partial charge on any atom is -0.330 e. The van der Waals surface area contributed by atoms with E-state index in [1.54, 1.807) is 0 Å². The van der Waals surface area contributed by atoms with Crippen LogP contribution in [-0.2, 0) is 6.42 Å². The summed E-state index contributed by atoms with van der Waals surface area (Å²) >= 11 is 0. The summed E-state index contributed by atoms with van der Waals surface area (Å²) in [7, 11) is 0. The lowest BCUT2D eigenvalue weighted by atomic mass is 10.0. The Hall–Kier alpha value is -0.900. The third-order valence-corrected chi connectivity index (χ3v) is 2.84. The fourth-order valence-electron chi connectivity index (χ4n) is 1.88. The third-order valence-electron chi connectivity index (χ3n) is 2.84. The van der Waals surface area contributed by atoms with E-state index in [0.29, 0.717) is 12.0 Å². The molecule has 1 heterocycles. The Balaban J connectivity index is 2.85.